The number of rotatable bonds is 2. The van der Waals surface area contributed by atoms with E-state index >= 15 is 0 Å². The Bertz CT molecular complexity index is 430. The van der Waals surface area contributed by atoms with Gasteiger partial charge in [0.15, 0.2) is 0 Å². The Labute approximate surface area is 105 Å². The molecule has 94 valence electrons. The lowest BCUT2D eigenvalue weighted by molar-refractivity contribution is -0.134. The molecular weight excluding hydrogens is 242 g/mol. The van der Waals surface area contributed by atoms with Crippen LogP contribution in [0.25, 0.3) is 0 Å². The highest BCUT2D eigenvalue weighted by atomic mass is 35.5. The largest absolute Gasteiger partial charge is 0.390 e. The van der Waals surface area contributed by atoms with Crippen LogP contribution in [0, 0.1) is 0 Å². The molecule has 0 unspecified atom stereocenters. The summed E-state index contributed by atoms with van der Waals surface area (Å²) in [5, 5.41) is 12.8. The fourth-order valence-electron chi connectivity index (χ4n) is 2.08. The maximum Gasteiger partial charge on any atom is 0.240 e. The number of aliphatic hydroxyl groups excluding tert-OH is 1. The van der Waals surface area contributed by atoms with Crippen LogP contribution in [0.5, 0.6) is 0 Å². The number of aromatic nitrogens is 2. The van der Waals surface area contributed by atoms with Crippen molar-refractivity contribution in [1.29, 1.82) is 0 Å². The third kappa shape index (κ3) is 2.30. The summed E-state index contributed by atoms with van der Waals surface area (Å²) in [6.07, 6.45) is 0. The molecule has 17 heavy (non-hydrogen) atoms. The third-order valence-electron chi connectivity index (χ3n) is 3.00. The van der Waals surface area contributed by atoms with Gasteiger partial charge in [-0.05, 0) is 19.9 Å². The van der Waals surface area contributed by atoms with Crippen molar-refractivity contribution in [2.75, 3.05) is 0 Å². The summed E-state index contributed by atoms with van der Waals surface area (Å²) in [6, 6.07) is 1.90. The van der Waals surface area contributed by atoms with Crippen LogP contribution >= 0.6 is 11.6 Å². The minimum absolute atomic E-state index is 0.0582. The smallest absolute Gasteiger partial charge is 0.240 e. The average molecular weight is 258 g/mol. The van der Waals surface area contributed by atoms with Gasteiger partial charge in [-0.3, -0.25) is 9.48 Å². The van der Waals surface area contributed by atoms with Crippen LogP contribution in [0.1, 0.15) is 25.2 Å². The van der Waals surface area contributed by atoms with E-state index in [9.17, 15) is 4.79 Å². The molecule has 2 heterocycles. The highest BCUT2D eigenvalue weighted by Gasteiger charge is 2.29. The van der Waals surface area contributed by atoms with Gasteiger partial charge in [0, 0.05) is 6.04 Å². The number of fused-ring (bicyclic) bond motifs is 1. The van der Waals surface area contributed by atoms with Crippen molar-refractivity contribution in [3.05, 3.63) is 17.5 Å². The third-order valence-corrected chi connectivity index (χ3v) is 3.19. The van der Waals surface area contributed by atoms with Crippen LogP contribution in [0.15, 0.2) is 6.07 Å². The van der Waals surface area contributed by atoms with Crippen LogP contribution in [0.3, 0.4) is 0 Å². The number of amides is 1. The van der Waals surface area contributed by atoms with E-state index in [0.717, 1.165) is 5.69 Å². The van der Waals surface area contributed by atoms with Crippen LogP contribution in [0.4, 0.5) is 0 Å². The van der Waals surface area contributed by atoms with Crippen LogP contribution in [-0.4, -0.2) is 37.1 Å². The second kappa shape index (κ2) is 4.66. The van der Waals surface area contributed by atoms with Gasteiger partial charge in [0.25, 0.3) is 0 Å². The van der Waals surface area contributed by atoms with Gasteiger partial charge < -0.3 is 10.0 Å². The molecule has 0 bridgehead atoms. The van der Waals surface area contributed by atoms with E-state index < -0.39 is 5.38 Å². The molecule has 0 aromatic carbocycles. The normalized spacial score (nSPS) is 21.2. The fraction of sp³-hybridized carbons (Fsp3) is 0.636. The van der Waals surface area contributed by atoms with Gasteiger partial charge in [0.05, 0.1) is 31.1 Å². The molecule has 0 saturated heterocycles. The first-order valence-corrected chi connectivity index (χ1v) is 6.07. The topological polar surface area (TPSA) is 58.4 Å². The van der Waals surface area contributed by atoms with Crippen LogP contribution in [-0.2, 0) is 24.5 Å². The zero-order chi connectivity index (χ0) is 12.6. The molecule has 0 spiro atoms. The van der Waals surface area contributed by atoms with E-state index in [-0.39, 0.29) is 18.6 Å². The molecule has 1 N–H and O–H groups in total. The Morgan fingerprint density at radius 1 is 1.76 bits per heavy atom. The number of carbonyl (C=O) groups excluding carboxylic acids is 1. The molecule has 0 saturated carbocycles. The first kappa shape index (κ1) is 12.4. The Hall–Kier alpha value is -1.07. The summed E-state index contributed by atoms with van der Waals surface area (Å²) in [5.41, 5.74) is 1.58. The Balaban J connectivity index is 2.23. The predicted octanol–water partition coefficient (Wildman–Crippen LogP) is 0.733. The number of hydrogen-bond donors (Lipinski definition) is 1. The zero-order valence-corrected chi connectivity index (χ0v) is 10.7. The molecule has 1 amide bonds. The highest BCUT2D eigenvalue weighted by molar-refractivity contribution is 6.30. The molecule has 0 radical (unpaired) electrons. The summed E-state index contributed by atoms with van der Waals surface area (Å²) < 4.78 is 1.85. The SMILES string of the molecule is C[C@@H](Cl)C(=O)N1Cc2cc(CO)nn2C[C@@H]1C. The van der Waals surface area contributed by atoms with E-state index in [4.69, 9.17) is 16.7 Å². The molecule has 1 aromatic rings. The second-order valence-corrected chi connectivity index (χ2v) is 5.05. The average Bonchev–Trinajstić information content (AvgIpc) is 2.68. The lowest BCUT2D eigenvalue weighted by Gasteiger charge is -2.34. The number of aliphatic hydroxyl groups is 1. The van der Waals surface area contributed by atoms with Crippen molar-refractivity contribution in [3.8, 4) is 0 Å². The summed E-state index contributed by atoms with van der Waals surface area (Å²) >= 11 is 5.83. The Kier molecular flexibility index (Phi) is 3.40. The van der Waals surface area contributed by atoms with Gasteiger partial charge in [0.2, 0.25) is 5.91 Å². The van der Waals surface area contributed by atoms with Crippen molar-refractivity contribution >= 4 is 17.5 Å². The van der Waals surface area contributed by atoms with Crippen LogP contribution < -0.4 is 0 Å². The quantitative estimate of drug-likeness (QED) is 0.795. The first-order valence-electron chi connectivity index (χ1n) is 5.64. The number of alkyl halides is 1. The Morgan fingerprint density at radius 3 is 3.06 bits per heavy atom. The Morgan fingerprint density at radius 2 is 2.47 bits per heavy atom. The minimum atomic E-state index is -0.510. The lowest BCUT2D eigenvalue weighted by atomic mass is 10.2. The maximum atomic E-state index is 11.9. The molecule has 2 rings (SSSR count). The van der Waals surface area contributed by atoms with E-state index in [1.54, 1.807) is 11.8 Å². The van der Waals surface area contributed by atoms with Gasteiger partial charge >= 0.3 is 0 Å². The zero-order valence-electron chi connectivity index (χ0n) is 9.93. The summed E-state index contributed by atoms with van der Waals surface area (Å²) in [6.45, 7) is 4.73. The lowest BCUT2D eigenvalue weighted by Crippen LogP contribution is -2.47. The molecule has 1 aliphatic heterocycles. The predicted molar refractivity (Wildman–Crippen MR) is 63.5 cm³/mol. The van der Waals surface area contributed by atoms with Crippen molar-refractivity contribution in [2.24, 2.45) is 0 Å². The monoisotopic (exact) mass is 257 g/mol. The standard InChI is InChI=1S/C11H16ClN3O2/c1-7-4-15-10(3-9(6-16)13-15)5-14(7)11(17)8(2)12/h3,7-8,16H,4-6H2,1-2H3/t7-,8+/m0/s1. The van der Waals surface area contributed by atoms with Gasteiger partial charge in [-0.15, -0.1) is 11.6 Å². The van der Waals surface area contributed by atoms with E-state index in [2.05, 4.69) is 5.10 Å². The number of nitrogens with zero attached hydrogens (tertiary/aromatic N) is 3. The van der Waals surface area contributed by atoms with Gasteiger partial charge in [-0.25, -0.2) is 0 Å². The molecule has 0 aliphatic carbocycles. The highest BCUT2D eigenvalue weighted by Crippen LogP contribution is 2.20. The van der Waals surface area contributed by atoms with Crippen molar-refractivity contribution in [2.45, 2.75) is 45.0 Å². The fourth-order valence-corrected chi connectivity index (χ4v) is 2.21. The minimum Gasteiger partial charge on any atom is -0.390 e. The van der Waals surface area contributed by atoms with E-state index in [0.29, 0.717) is 18.8 Å². The van der Waals surface area contributed by atoms with Gasteiger partial charge in [-0.2, -0.15) is 5.10 Å². The van der Waals surface area contributed by atoms with E-state index in [1.807, 2.05) is 17.7 Å². The first-order chi connectivity index (χ1) is 8.02. The van der Waals surface area contributed by atoms with Crippen molar-refractivity contribution in [3.63, 3.8) is 0 Å². The molecular formula is C11H16ClN3O2. The maximum absolute atomic E-state index is 11.9. The van der Waals surface area contributed by atoms with Crippen LogP contribution in [0.2, 0.25) is 0 Å². The van der Waals surface area contributed by atoms with Gasteiger partial charge in [0.1, 0.15) is 5.38 Å². The van der Waals surface area contributed by atoms with Gasteiger partial charge in [-0.1, -0.05) is 0 Å². The van der Waals surface area contributed by atoms with Crippen molar-refractivity contribution in [1.82, 2.24) is 14.7 Å². The summed E-state index contributed by atoms with van der Waals surface area (Å²) in [4.78, 5) is 13.7. The molecule has 6 heteroatoms. The summed E-state index contributed by atoms with van der Waals surface area (Å²) in [5.74, 6) is -0.0582. The van der Waals surface area contributed by atoms with Crippen molar-refractivity contribution < 1.29 is 9.90 Å². The molecule has 5 nitrogen and oxygen atoms in total. The summed E-state index contributed by atoms with van der Waals surface area (Å²) in [7, 11) is 0. The molecule has 2 atom stereocenters. The molecule has 1 aliphatic rings. The number of halogens is 1. The second-order valence-electron chi connectivity index (χ2n) is 4.40. The number of hydrogen-bond acceptors (Lipinski definition) is 3. The molecule has 1 aromatic heterocycles. The number of carbonyl (C=O) groups is 1. The molecule has 0 fully saturated rings. The van der Waals surface area contributed by atoms with E-state index in [1.165, 1.54) is 0 Å².